The second kappa shape index (κ2) is 5.16. The van der Waals surface area contributed by atoms with E-state index in [1.165, 1.54) is 5.56 Å². The maximum Gasteiger partial charge on any atom is 0.226 e. The molecule has 4 nitrogen and oxygen atoms in total. The maximum atomic E-state index is 12.7. The Hall–Kier alpha value is -2.67. The topological polar surface area (TPSA) is 50.1 Å². The summed E-state index contributed by atoms with van der Waals surface area (Å²) >= 11 is 0. The molecule has 0 fully saturated rings. The quantitative estimate of drug-likeness (QED) is 0.792. The molecule has 0 saturated heterocycles. The highest BCUT2D eigenvalue weighted by atomic mass is 16.1. The smallest absolute Gasteiger partial charge is 0.226 e. The number of hydrogen-bond acceptors (Lipinski definition) is 2. The van der Waals surface area contributed by atoms with Crippen LogP contribution in [0.2, 0.25) is 0 Å². The summed E-state index contributed by atoms with van der Waals surface area (Å²) < 4.78 is 0. The lowest BCUT2D eigenvalue weighted by molar-refractivity contribution is -0.128. The number of benzene rings is 1. The Morgan fingerprint density at radius 2 is 1.96 bits per heavy atom. The molecule has 1 aromatic heterocycles. The fourth-order valence-electron chi connectivity index (χ4n) is 4.86. The van der Waals surface area contributed by atoms with E-state index in [9.17, 15) is 4.79 Å². The average Bonchev–Trinajstić information content (AvgIpc) is 3.04. The minimum Gasteiger partial charge on any atom is -0.307 e. The number of aromatic amines is 1. The molecule has 2 aromatic rings. The van der Waals surface area contributed by atoms with E-state index >= 15 is 0 Å². The molecule has 0 radical (unpaired) electrons. The fraction of sp³-hybridized carbons (Fsp3) is 0.381. The average molecular weight is 331 g/mol. The molecule has 0 spiro atoms. The molecule has 0 unspecified atom stereocenters. The number of ketones is 1. The largest absolute Gasteiger partial charge is 0.307 e. The van der Waals surface area contributed by atoms with Gasteiger partial charge in [-0.15, -0.1) is 0 Å². The zero-order valence-electron chi connectivity index (χ0n) is 14.8. The van der Waals surface area contributed by atoms with Crippen molar-refractivity contribution in [3.63, 3.8) is 0 Å². The molecule has 4 rings (SSSR count). The van der Waals surface area contributed by atoms with Gasteiger partial charge in [-0.2, -0.15) is 5.10 Å². The van der Waals surface area contributed by atoms with Crippen LogP contribution in [-0.4, -0.2) is 16.0 Å². The van der Waals surface area contributed by atoms with Gasteiger partial charge in [0.15, 0.2) is 5.78 Å². The highest BCUT2D eigenvalue weighted by Crippen LogP contribution is 2.55. The number of carbonyl (C=O) groups is 1. The first-order valence-electron chi connectivity index (χ1n) is 8.68. The van der Waals surface area contributed by atoms with Gasteiger partial charge in [0.1, 0.15) is 0 Å². The number of hydrogen-bond donors (Lipinski definition) is 1. The van der Waals surface area contributed by atoms with Gasteiger partial charge in [0.2, 0.25) is 5.70 Å². The zero-order chi connectivity index (χ0) is 17.8. The van der Waals surface area contributed by atoms with Crippen molar-refractivity contribution >= 4 is 5.78 Å². The predicted octanol–water partition coefficient (Wildman–Crippen LogP) is 4.31. The van der Waals surface area contributed by atoms with E-state index in [1.54, 1.807) is 0 Å². The first kappa shape index (κ1) is 15.8. The van der Waals surface area contributed by atoms with Gasteiger partial charge in [0.05, 0.1) is 12.3 Å². The van der Waals surface area contributed by atoms with Crippen molar-refractivity contribution in [1.29, 1.82) is 0 Å². The fourth-order valence-corrected chi connectivity index (χ4v) is 4.86. The van der Waals surface area contributed by atoms with Gasteiger partial charge in [-0.05, 0) is 18.8 Å². The lowest BCUT2D eigenvalue weighted by Crippen LogP contribution is -2.50. The highest BCUT2D eigenvalue weighted by Gasteiger charge is 2.54. The second-order valence-electron chi connectivity index (χ2n) is 7.86. The van der Waals surface area contributed by atoms with Gasteiger partial charge >= 0.3 is 0 Å². The molecule has 0 saturated carbocycles. The van der Waals surface area contributed by atoms with Crippen molar-refractivity contribution in [1.82, 2.24) is 10.2 Å². The molecule has 126 valence electrons. The summed E-state index contributed by atoms with van der Waals surface area (Å²) in [4.78, 5) is 16.2. The molecule has 25 heavy (non-hydrogen) atoms. The molecule has 1 N–H and O–H groups in total. The Labute approximate surface area is 147 Å². The van der Waals surface area contributed by atoms with Crippen LogP contribution in [0.25, 0.3) is 16.1 Å². The minimum atomic E-state index is -0.543. The molecule has 4 heteroatoms. The van der Waals surface area contributed by atoms with Crippen molar-refractivity contribution in [2.75, 3.05) is 0 Å². The zero-order valence-corrected chi connectivity index (χ0v) is 14.8. The molecule has 2 aliphatic carbocycles. The number of allylic oxidation sites excluding steroid dienone is 2. The second-order valence-corrected chi connectivity index (χ2v) is 7.86. The molecular formula is C21H21N3O. The number of nitrogens with zero attached hydrogens (tertiary/aromatic N) is 2. The van der Waals surface area contributed by atoms with Crippen molar-refractivity contribution < 1.29 is 4.79 Å². The Balaban J connectivity index is 1.92. The SMILES string of the molecule is [C-]#[N+]C1=C[C@]2(C)c3[nH]nc(-c4ccccc4)c3CC[C@H]2C(C)(C)C1=O. The van der Waals surface area contributed by atoms with Crippen molar-refractivity contribution in [3.05, 3.63) is 64.8 Å². The molecule has 0 bridgehead atoms. The highest BCUT2D eigenvalue weighted by molar-refractivity contribution is 6.02. The summed E-state index contributed by atoms with van der Waals surface area (Å²) in [6.45, 7) is 13.5. The van der Waals surface area contributed by atoms with E-state index in [4.69, 9.17) is 6.57 Å². The van der Waals surface area contributed by atoms with Crippen LogP contribution in [0.15, 0.2) is 42.1 Å². The van der Waals surface area contributed by atoms with Gasteiger partial charge < -0.3 is 4.79 Å². The van der Waals surface area contributed by atoms with Gasteiger partial charge in [0, 0.05) is 27.7 Å². The van der Waals surface area contributed by atoms with Gasteiger partial charge in [-0.1, -0.05) is 57.2 Å². The number of aromatic nitrogens is 2. The van der Waals surface area contributed by atoms with Gasteiger partial charge in [-0.3, -0.25) is 5.10 Å². The number of carbonyl (C=O) groups excluding carboxylic acids is 1. The van der Waals surface area contributed by atoms with Gasteiger partial charge in [0.25, 0.3) is 0 Å². The number of H-pyrrole nitrogens is 1. The monoisotopic (exact) mass is 331 g/mol. The lowest BCUT2D eigenvalue weighted by Gasteiger charge is -2.50. The summed E-state index contributed by atoms with van der Waals surface area (Å²) in [5.74, 6) is 0.130. The third-order valence-corrected chi connectivity index (χ3v) is 6.11. The van der Waals surface area contributed by atoms with E-state index in [1.807, 2.05) is 38.1 Å². The lowest BCUT2D eigenvalue weighted by atomic mass is 9.53. The van der Waals surface area contributed by atoms with Crippen LogP contribution in [0.3, 0.4) is 0 Å². The van der Waals surface area contributed by atoms with Crippen LogP contribution < -0.4 is 0 Å². The summed E-state index contributed by atoms with van der Waals surface area (Å²) in [5.41, 5.74) is 3.71. The van der Waals surface area contributed by atoms with Gasteiger partial charge in [-0.25, -0.2) is 4.85 Å². The molecule has 0 aliphatic heterocycles. The standard InChI is InChI=1S/C21H21N3O/c1-20(2)16-11-10-14-17(13-8-6-5-7-9-13)23-24-18(14)21(16,3)12-15(22-4)19(20)25/h5-9,12,16H,10-11H2,1-3H3,(H,23,24)/t16-,21-/m0/s1. The van der Waals surface area contributed by atoms with E-state index in [-0.39, 0.29) is 22.8 Å². The van der Waals surface area contributed by atoms with E-state index in [0.717, 1.165) is 29.8 Å². The van der Waals surface area contributed by atoms with Crippen LogP contribution in [0.5, 0.6) is 0 Å². The molecule has 1 heterocycles. The predicted molar refractivity (Wildman–Crippen MR) is 96.7 cm³/mol. The third kappa shape index (κ3) is 2.05. The minimum absolute atomic E-state index is 0.0313. The summed E-state index contributed by atoms with van der Waals surface area (Å²) in [6.07, 6.45) is 3.70. The van der Waals surface area contributed by atoms with Crippen LogP contribution in [0.1, 0.15) is 38.4 Å². The normalized spacial score (nSPS) is 27.0. The molecular weight excluding hydrogens is 310 g/mol. The Morgan fingerprint density at radius 3 is 2.64 bits per heavy atom. The van der Waals surface area contributed by atoms with Crippen molar-refractivity contribution in [3.8, 4) is 11.3 Å². The molecule has 0 amide bonds. The van der Waals surface area contributed by atoms with E-state index in [2.05, 4.69) is 34.1 Å². The van der Waals surface area contributed by atoms with E-state index in [0.29, 0.717) is 0 Å². The Bertz CT molecular complexity index is 930. The first-order chi connectivity index (χ1) is 11.9. The summed E-state index contributed by atoms with van der Waals surface area (Å²) in [7, 11) is 0. The number of rotatable bonds is 1. The summed E-state index contributed by atoms with van der Waals surface area (Å²) in [6, 6.07) is 10.2. The number of Topliss-reactive ketones (excluding diaryl/α,β-unsaturated/α-hetero) is 1. The summed E-state index contributed by atoms with van der Waals surface area (Å²) in [5, 5.41) is 7.86. The van der Waals surface area contributed by atoms with Crippen molar-refractivity contribution in [2.24, 2.45) is 11.3 Å². The van der Waals surface area contributed by atoms with Crippen LogP contribution >= 0.6 is 0 Å². The van der Waals surface area contributed by atoms with E-state index < -0.39 is 5.41 Å². The van der Waals surface area contributed by atoms with Crippen LogP contribution in [0.4, 0.5) is 0 Å². The maximum absolute atomic E-state index is 12.7. The molecule has 2 atom stereocenters. The van der Waals surface area contributed by atoms with Crippen LogP contribution in [-0.2, 0) is 16.6 Å². The first-order valence-corrected chi connectivity index (χ1v) is 8.68. The Kier molecular flexibility index (Phi) is 3.27. The van der Waals surface area contributed by atoms with Crippen molar-refractivity contribution in [2.45, 2.75) is 39.0 Å². The number of fused-ring (bicyclic) bond motifs is 3. The molecule has 2 aliphatic rings. The third-order valence-electron chi connectivity index (χ3n) is 6.11. The van der Waals surface area contributed by atoms with Crippen LogP contribution in [0, 0.1) is 17.9 Å². The number of nitrogens with one attached hydrogen (secondary N) is 1. The Morgan fingerprint density at radius 1 is 1.24 bits per heavy atom. The molecule has 1 aromatic carbocycles.